The summed E-state index contributed by atoms with van der Waals surface area (Å²) in [4.78, 5) is 0. The Kier molecular flexibility index (Phi) is 6.43. The molecule has 0 amide bonds. The van der Waals surface area contributed by atoms with Crippen molar-refractivity contribution in [2.24, 2.45) is 0 Å². The molecule has 0 unspecified atom stereocenters. The molecular weight excluding hydrogens is 220 g/mol. The van der Waals surface area contributed by atoms with Crippen LogP contribution in [0.15, 0.2) is 18.2 Å². The lowest BCUT2D eigenvalue weighted by atomic mass is 10.2. The number of rotatable bonds is 8. The highest BCUT2D eigenvalue weighted by Gasteiger charge is 2.09. The van der Waals surface area contributed by atoms with Crippen molar-refractivity contribution in [3.05, 3.63) is 23.8 Å². The molecule has 0 fully saturated rings. The molecule has 96 valence electrons. The van der Waals surface area contributed by atoms with Gasteiger partial charge in [0, 0.05) is 25.7 Å². The van der Waals surface area contributed by atoms with Gasteiger partial charge in [-0.25, -0.2) is 0 Å². The Labute approximate surface area is 102 Å². The van der Waals surface area contributed by atoms with E-state index in [1.807, 2.05) is 25.1 Å². The minimum atomic E-state index is -0.0550. The molecule has 1 rings (SSSR count). The van der Waals surface area contributed by atoms with Crippen molar-refractivity contribution in [3.8, 4) is 11.5 Å². The maximum atomic E-state index is 9.25. The fourth-order valence-corrected chi connectivity index (χ4v) is 1.50. The number of aliphatic hydroxyl groups excluding tert-OH is 1. The minimum Gasteiger partial charge on any atom is -0.490 e. The molecular formula is C13H20O4. The lowest BCUT2D eigenvalue weighted by Gasteiger charge is -2.14. The number of ether oxygens (including phenoxy) is 3. The predicted molar refractivity (Wildman–Crippen MR) is 65.5 cm³/mol. The summed E-state index contributed by atoms with van der Waals surface area (Å²) in [5.74, 6) is 1.31. The number of hydrogen-bond acceptors (Lipinski definition) is 4. The SMILES string of the molecule is CCOc1cccc(CO)c1OCCCOC. The molecule has 0 heterocycles. The van der Waals surface area contributed by atoms with Crippen LogP contribution in [0.4, 0.5) is 0 Å². The topological polar surface area (TPSA) is 47.9 Å². The summed E-state index contributed by atoms with van der Waals surface area (Å²) in [6.45, 7) is 3.64. The van der Waals surface area contributed by atoms with Crippen LogP contribution in [0.5, 0.6) is 11.5 Å². The van der Waals surface area contributed by atoms with Crippen LogP contribution in [0.2, 0.25) is 0 Å². The van der Waals surface area contributed by atoms with Crippen molar-refractivity contribution in [2.45, 2.75) is 20.0 Å². The molecule has 0 bridgehead atoms. The largest absolute Gasteiger partial charge is 0.490 e. The van der Waals surface area contributed by atoms with Crippen molar-refractivity contribution in [1.29, 1.82) is 0 Å². The molecule has 0 saturated heterocycles. The molecule has 0 aliphatic rings. The Hall–Kier alpha value is -1.26. The van der Waals surface area contributed by atoms with Gasteiger partial charge >= 0.3 is 0 Å². The summed E-state index contributed by atoms with van der Waals surface area (Å²) in [6.07, 6.45) is 0.807. The third-order valence-corrected chi connectivity index (χ3v) is 2.27. The first kappa shape index (κ1) is 13.8. The van der Waals surface area contributed by atoms with Crippen LogP contribution in [0.25, 0.3) is 0 Å². The Morgan fingerprint density at radius 1 is 1.18 bits per heavy atom. The van der Waals surface area contributed by atoms with E-state index in [0.29, 0.717) is 31.3 Å². The molecule has 0 spiro atoms. The molecule has 4 heteroatoms. The Bertz CT molecular complexity index is 325. The second-order valence-corrected chi connectivity index (χ2v) is 3.53. The van der Waals surface area contributed by atoms with Crippen molar-refractivity contribution >= 4 is 0 Å². The zero-order valence-corrected chi connectivity index (χ0v) is 10.4. The smallest absolute Gasteiger partial charge is 0.166 e. The van der Waals surface area contributed by atoms with Crippen LogP contribution >= 0.6 is 0 Å². The fourth-order valence-electron chi connectivity index (χ4n) is 1.50. The van der Waals surface area contributed by atoms with E-state index in [-0.39, 0.29) is 6.61 Å². The highest BCUT2D eigenvalue weighted by atomic mass is 16.5. The first-order chi connectivity index (χ1) is 8.33. The van der Waals surface area contributed by atoms with Crippen molar-refractivity contribution in [1.82, 2.24) is 0 Å². The molecule has 1 N–H and O–H groups in total. The highest BCUT2D eigenvalue weighted by Crippen LogP contribution is 2.31. The third-order valence-electron chi connectivity index (χ3n) is 2.27. The summed E-state index contributed by atoms with van der Waals surface area (Å²) in [5.41, 5.74) is 0.744. The predicted octanol–water partition coefficient (Wildman–Crippen LogP) is 1.99. The molecule has 1 aromatic rings. The standard InChI is InChI=1S/C13H20O4/c1-3-16-12-7-4-6-11(10-14)13(12)17-9-5-8-15-2/h4,6-7,14H,3,5,8-10H2,1-2H3. The summed E-state index contributed by atoms with van der Waals surface area (Å²) in [5, 5.41) is 9.25. The van der Waals surface area contributed by atoms with Gasteiger partial charge in [0.05, 0.1) is 19.8 Å². The number of hydrogen-bond donors (Lipinski definition) is 1. The summed E-state index contributed by atoms with van der Waals surface area (Å²) < 4.78 is 16.1. The summed E-state index contributed by atoms with van der Waals surface area (Å²) >= 11 is 0. The van der Waals surface area contributed by atoms with Gasteiger partial charge in [-0.1, -0.05) is 12.1 Å². The quantitative estimate of drug-likeness (QED) is 0.706. The normalized spacial score (nSPS) is 10.3. The fraction of sp³-hybridized carbons (Fsp3) is 0.538. The average molecular weight is 240 g/mol. The molecule has 0 aliphatic carbocycles. The van der Waals surface area contributed by atoms with Gasteiger partial charge in [-0.2, -0.15) is 0 Å². The van der Waals surface area contributed by atoms with Gasteiger partial charge < -0.3 is 19.3 Å². The van der Waals surface area contributed by atoms with Gasteiger partial charge in [-0.05, 0) is 13.0 Å². The molecule has 0 aromatic heterocycles. The van der Waals surface area contributed by atoms with Gasteiger partial charge in [0.2, 0.25) is 0 Å². The number of para-hydroxylation sites is 1. The van der Waals surface area contributed by atoms with Crippen LogP contribution < -0.4 is 9.47 Å². The van der Waals surface area contributed by atoms with Crippen molar-refractivity contribution < 1.29 is 19.3 Å². The molecule has 0 atom stereocenters. The van der Waals surface area contributed by atoms with Gasteiger partial charge in [-0.3, -0.25) is 0 Å². The molecule has 0 aliphatic heterocycles. The van der Waals surface area contributed by atoms with Gasteiger partial charge in [-0.15, -0.1) is 0 Å². The van der Waals surface area contributed by atoms with Crippen LogP contribution in [-0.4, -0.2) is 32.0 Å². The summed E-state index contributed by atoms with van der Waals surface area (Å²) in [7, 11) is 1.66. The monoisotopic (exact) mass is 240 g/mol. The maximum Gasteiger partial charge on any atom is 0.166 e. The van der Waals surface area contributed by atoms with Crippen LogP contribution in [-0.2, 0) is 11.3 Å². The van der Waals surface area contributed by atoms with Crippen LogP contribution in [0.3, 0.4) is 0 Å². The highest BCUT2D eigenvalue weighted by molar-refractivity contribution is 5.46. The van der Waals surface area contributed by atoms with E-state index < -0.39 is 0 Å². The van der Waals surface area contributed by atoms with Crippen LogP contribution in [0, 0.1) is 0 Å². The third kappa shape index (κ3) is 4.24. The van der Waals surface area contributed by atoms with E-state index in [0.717, 1.165) is 12.0 Å². The Balaban J connectivity index is 2.70. The number of benzene rings is 1. The molecule has 0 radical (unpaired) electrons. The zero-order valence-electron chi connectivity index (χ0n) is 10.4. The van der Waals surface area contributed by atoms with E-state index in [4.69, 9.17) is 14.2 Å². The van der Waals surface area contributed by atoms with Gasteiger partial charge in [0.15, 0.2) is 11.5 Å². The zero-order chi connectivity index (χ0) is 12.5. The Morgan fingerprint density at radius 3 is 2.65 bits per heavy atom. The Morgan fingerprint density at radius 2 is 2.00 bits per heavy atom. The lowest BCUT2D eigenvalue weighted by Crippen LogP contribution is -2.05. The molecule has 17 heavy (non-hydrogen) atoms. The molecule has 1 aromatic carbocycles. The van der Waals surface area contributed by atoms with Crippen LogP contribution in [0.1, 0.15) is 18.9 Å². The van der Waals surface area contributed by atoms with Gasteiger partial charge in [0.1, 0.15) is 0 Å². The van der Waals surface area contributed by atoms with E-state index in [1.165, 1.54) is 0 Å². The van der Waals surface area contributed by atoms with E-state index in [1.54, 1.807) is 7.11 Å². The van der Waals surface area contributed by atoms with Crippen molar-refractivity contribution in [2.75, 3.05) is 26.9 Å². The van der Waals surface area contributed by atoms with E-state index >= 15 is 0 Å². The van der Waals surface area contributed by atoms with E-state index in [9.17, 15) is 5.11 Å². The number of aliphatic hydroxyl groups is 1. The van der Waals surface area contributed by atoms with Gasteiger partial charge in [0.25, 0.3) is 0 Å². The second-order valence-electron chi connectivity index (χ2n) is 3.53. The minimum absolute atomic E-state index is 0.0550. The second kappa shape index (κ2) is 7.92. The molecule has 4 nitrogen and oxygen atoms in total. The summed E-state index contributed by atoms with van der Waals surface area (Å²) in [6, 6.07) is 5.51. The first-order valence-corrected chi connectivity index (χ1v) is 5.80. The maximum absolute atomic E-state index is 9.25. The lowest BCUT2D eigenvalue weighted by molar-refractivity contribution is 0.168. The van der Waals surface area contributed by atoms with Crippen molar-refractivity contribution in [3.63, 3.8) is 0 Å². The molecule has 0 saturated carbocycles. The number of methoxy groups -OCH3 is 1. The average Bonchev–Trinajstić information content (AvgIpc) is 2.36. The first-order valence-electron chi connectivity index (χ1n) is 5.80. The van der Waals surface area contributed by atoms with E-state index in [2.05, 4.69) is 0 Å².